The summed E-state index contributed by atoms with van der Waals surface area (Å²) in [5, 5.41) is 0.378. The van der Waals surface area contributed by atoms with Crippen LogP contribution in [0.3, 0.4) is 0 Å². The van der Waals surface area contributed by atoms with Gasteiger partial charge in [0.05, 0.1) is 17.2 Å². The fraction of sp³-hybridized carbons (Fsp3) is 0.278. The lowest BCUT2D eigenvalue weighted by molar-refractivity contribution is 0.0735. The van der Waals surface area contributed by atoms with Crippen molar-refractivity contribution in [1.29, 1.82) is 0 Å². The van der Waals surface area contributed by atoms with Crippen molar-refractivity contribution in [2.75, 3.05) is 6.61 Å². The molecule has 0 unspecified atom stereocenters. The van der Waals surface area contributed by atoms with Gasteiger partial charge in [-0.25, -0.2) is 4.79 Å². The zero-order valence-corrected chi connectivity index (χ0v) is 15.2. The Bertz CT molecular complexity index is 656. The van der Waals surface area contributed by atoms with Crippen molar-refractivity contribution in [3.8, 4) is 11.5 Å². The third-order valence-electron chi connectivity index (χ3n) is 3.20. The molecule has 0 spiro atoms. The summed E-state index contributed by atoms with van der Waals surface area (Å²) in [6.45, 7) is 2.84. The summed E-state index contributed by atoms with van der Waals surface area (Å²) in [6.07, 6.45) is 3.34. The van der Waals surface area contributed by atoms with Gasteiger partial charge in [-0.3, -0.25) is 0 Å². The van der Waals surface area contributed by atoms with Gasteiger partial charge in [0.15, 0.2) is 0 Å². The summed E-state index contributed by atoms with van der Waals surface area (Å²) < 4.78 is 11.7. The number of carbonyl (C=O) groups excluding carboxylic acids is 1. The van der Waals surface area contributed by atoms with Crippen molar-refractivity contribution in [2.45, 2.75) is 26.2 Å². The number of rotatable bonds is 7. The van der Waals surface area contributed by atoms with Crippen LogP contribution >= 0.6 is 27.5 Å². The molecule has 0 saturated heterocycles. The largest absolute Gasteiger partial charge is 0.494 e. The van der Waals surface area contributed by atoms with E-state index in [4.69, 9.17) is 21.1 Å². The van der Waals surface area contributed by atoms with Gasteiger partial charge in [-0.2, -0.15) is 0 Å². The van der Waals surface area contributed by atoms with Gasteiger partial charge in [0.25, 0.3) is 0 Å². The predicted octanol–water partition coefficient (Wildman–Crippen LogP) is 5.89. The number of ether oxygens (including phenoxy) is 2. The summed E-state index contributed by atoms with van der Waals surface area (Å²) in [5.74, 6) is 0.630. The maximum atomic E-state index is 12.1. The molecule has 0 aliphatic rings. The fourth-order valence-corrected chi connectivity index (χ4v) is 2.66. The van der Waals surface area contributed by atoms with Gasteiger partial charge < -0.3 is 9.47 Å². The van der Waals surface area contributed by atoms with Crippen molar-refractivity contribution in [1.82, 2.24) is 0 Å². The average molecular weight is 398 g/mol. The van der Waals surface area contributed by atoms with Gasteiger partial charge in [0.2, 0.25) is 0 Å². The summed E-state index contributed by atoms with van der Waals surface area (Å²) in [5.41, 5.74) is 0.449. The van der Waals surface area contributed by atoms with Crippen LogP contribution in [0.5, 0.6) is 11.5 Å². The second-order valence-corrected chi connectivity index (χ2v) is 6.37. The Balaban J connectivity index is 1.94. The fourth-order valence-electron chi connectivity index (χ4n) is 1.95. The third-order valence-corrected chi connectivity index (χ3v) is 3.99. The maximum Gasteiger partial charge on any atom is 0.343 e. The standard InChI is InChI=1S/C18H18BrClO3/c1-2-3-4-11-22-15-8-5-13(6-9-15)18(21)23-17-10-7-14(19)12-16(17)20/h5-10,12H,2-4,11H2,1H3. The van der Waals surface area contributed by atoms with Crippen LogP contribution in [0.2, 0.25) is 5.02 Å². The first-order valence-corrected chi connectivity index (χ1v) is 8.67. The van der Waals surface area contributed by atoms with E-state index in [0.717, 1.165) is 29.5 Å². The van der Waals surface area contributed by atoms with Crippen LogP contribution in [-0.4, -0.2) is 12.6 Å². The van der Waals surface area contributed by atoms with E-state index in [0.29, 0.717) is 22.9 Å². The molecule has 0 radical (unpaired) electrons. The molecule has 2 aromatic carbocycles. The Hall–Kier alpha value is -1.52. The number of hydrogen-bond acceptors (Lipinski definition) is 3. The number of carbonyl (C=O) groups is 1. The van der Waals surface area contributed by atoms with Gasteiger partial charge >= 0.3 is 5.97 Å². The molecular weight excluding hydrogens is 380 g/mol. The first kappa shape index (κ1) is 17.8. The highest BCUT2D eigenvalue weighted by Gasteiger charge is 2.11. The van der Waals surface area contributed by atoms with Crippen molar-refractivity contribution in [3.63, 3.8) is 0 Å². The van der Waals surface area contributed by atoms with Crippen molar-refractivity contribution >= 4 is 33.5 Å². The number of hydrogen-bond donors (Lipinski definition) is 0. The molecule has 0 atom stereocenters. The molecule has 0 heterocycles. The monoisotopic (exact) mass is 396 g/mol. The van der Waals surface area contributed by atoms with Crippen LogP contribution in [0.1, 0.15) is 36.5 Å². The second kappa shape index (κ2) is 8.94. The van der Waals surface area contributed by atoms with Crippen molar-refractivity contribution in [3.05, 3.63) is 57.5 Å². The molecule has 0 aromatic heterocycles. The number of esters is 1. The number of unbranched alkanes of at least 4 members (excludes halogenated alkanes) is 2. The lowest BCUT2D eigenvalue weighted by atomic mass is 10.2. The van der Waals surface area contributed by atoms with Crippen LogP contribution < -0.4 is 9.47 Å². The van der Waals surface area contributed by atoms with Gasteiger partial charge in [-0.1, -0.05) is 47.3 Å². The molecule has 0 N–H and O–H groups in total. The molecule has 0 aliphatic carbocycles. The molecule has 0 bridgehead atoms. The summed E-state index contributed by atoms with van der Waals surface area (Å²) >= 11 is 9.35. The van der Waals surface area contributed by atoms with E-state index in [9.17, 15) is 4.79 Å². The highest BCUT2D eigenvalue weighted by atomic mass is 79.9. The highest BCUT2D eigenvalue weighted by molar-refractivity contribution is 9.10. The summed E-state index contributed by atoms with van der Waals surface area (Å²) in [7, 11) is 0. The summed E-state index contributed by atoms with van der Waals surface area (Å²) in [4.78, 5) is 12.1. The first-order chi connectivity index (χ1) is 11.1. The van der Waals surface area contributed by atoms with E-state index < -0.39 is 5.97 Å². The molecule has 2 rings (SSSR count). The second-order valence-electron chi connectivity index (χ2n) is 5.04. The first-order valence-electron chi connectivity index (χ1n) is 7.50. The Morgan fingerprint density at radius 1 is 1.13 bits per heavy atom. The molecule has 5 heteroatoms. The van der Waals surface area contributed by atoms with Crippen molar-refractivity contribution in [2.24, 2.45) is 0 Å². The minimum Gasteiger partial charge on any atom is -0.494 e. The smallest absolute Gasteiger partial charge is 0.343 e. The van der Waals surface area contributed by atoms with Crippen LogP contribution in [-0.2, 0) is 0 Å². The van der Waals surface area contributed by atoms with Gasteiger partial charge in [-0.05, 0) is 48.9 Å². The Kier molecular flexibility index (Phi) is 6.93. The normalized spacial score (nSPS) is 10.4. The molecule has 0 aliphatic heterocycles. The van der Waals surface area contributed by atoms with Crippen LogP contribution in [0.15, 0.2) is 46.9 Å². The van der Waals surface area contributed by atoms with Gasteiger partial charge in [0.1, 0.15) is 11.5 Å². The zero-order valence-electron chi connectivity index (χ0n) is 12.9. The van der Waals surface area contributed by atoms with E-state index >= 15 is 0 Å². The van der Waals surface area contributed by atoms with Crippen LogP contribution in [0.4, 0.5) is 0 Å². The number of halogens is 2. The summed E-state index contributed by atoms with van der Waals surface area (Å²) in [6, 6.07) is 12.0. The molecule has 0 amide bonds. The Labute approximate surface area is 149 Å². The van der Waals surface area contributed by atoms with E-state index in [1.165, 1.54) is 0 Å². The highest BCUT2D eigenvalue weighted by Crippen LogP contribution is 2.28. The van der Waals surface area contributed by atoms with E-state index in [1.54, 1.807) is 42.5 Å². The van der Waals surface area contributed by atoms with Gasteiger partial charge in [0, 0.05) is 4.47 Å². The van der Waals surface area contributed by atoms with Crippen LogP contribution in [0.25, 0.3) is 0 Å². The minimum atomic E-state index is -0.452. The molecule has 0 saturated carbocycles. The van der Waals surface area contributed by atoms with Crippen LogP contribution in [0, 0.1) is 0 Å². The lowest BCUT2D eigenvalue weighted by Crippen LogP contribution is -2.08. The zero-order chi connectivity index (χ0) is 16.7. The topological polar surface area (TPSA) is 35.5 Å². The molecule has 3 nitrogen and oxygen atoms in total. The minimum absolute atomic E-state index is 0.333. The molecule has 0 fully saturated rings. The molecular formula is C18H18BrClO3. The number of benzene rings is 2. The lowest BCUT2D eigenvalue weighted by Gasteiger charge is -2.08. The molecule has 23 heavy (non-hydrogen) atoms. The van der Waals surface area contributed by atoms with Crippen molar-refractivity contribution < 1.29 is 14.3 Å². The Morgan fingerprint density at radius 3 is 2.52 bits per heavy atom. The van der Waals surface area contributed by atoms with E-state index in [2.05, 4.69) is 22.9 Å². The quantitative estimate of drug-likeness (QED) is 0.332. The third kappa shape index (κ3) is 5.56. The molecule has 2 aromatic rings. The van der Waals surface area contributed by atoms with Gasteiger partial charge in [-0.15, -0.1) is 0 Å². The maximum absolute atomic E-state index is 12.1. The Morgan fingerprint density at radius 2 is 1.87 bits per heavy atom. The average Bonchev–Trinajstić information content (AvgIpc) is 2.55. The van der Waals surface area contributed by atoms with E-state index in [1.807, 2.05) is 0 Å². The predicted molar refractivity (Wildman–Crippen MR) is 95.6 cm³/mol. The molecule has 122 valence electrons. The SMILES string of the molecule is CCCCCOc1ccc(C(=O)Oc2ccc(Br)cc2Cl)cc1. The van der Waals surface area contributed by atoms with E-state index in [-0.39, 0.29) is 0 Å².